The first-order valence-corrected chi connectivity index (χ1v) is 13.5. The highest BCUT2D eigenvalue weighted by Crippen LogP contribution is 2.38. The molecule has 4 aromatic rings. The van der Waals surface area contributed by atoms with E-state index in [-0.39, 0.29) is 23.8 Å². The molecule has 10 heteroatoms. The van der Waals surface area contributed by atoms with Crippen molar-refractivity contribution in [2.75, 3.05) is 34.5 Å². The molecule has 0 amide bonds. The molecule has 0 unspecified atom stereocenters. The monoisotopic (exact) mass is 573 g/mol. The summed E-state index contributed by atoms with van der Waals surface area (Å²) in [6.45, 7) is 8.32. The van der Waals surface area contributed by atoms with E-state index in [4.69, 9.17) is 23.9 Å². The third-order valence-corrected chi connectivity index (χ3v) is 6.64. The highest BCUT2D eigenvalue weighted by Gasteiger charge is 2.19. The summed E-state index contributed by atoms with van der Waals surface area (Å²) in [5.41, 5.74) is 3.48. The Kier molecular flexibility index (Phi) is 9.46. The minimum atomic E-state index is -0.550. The summed E-state index contributed by atoms with van der Waals surface area (Å²) in [5, 5.41) is 5.04. The summed E-state index contributed by atoms with van der Waals surface area (Å²) in [7, 11) is 4.21. The number of ether oxygens (including phenoxy) is 5. The van der Waals surface area contributed by atoms with E-state index in [0.29, 0.717) is 40.4 Å². The molecule has 0 atom stereocenters. The van der Waals surface area contributed by atoms with Gasteiger partial charge < -0.3 is 23.7 Å². The fraction of sp³-hybridized carbons (Fsp3) is 0.312. The first-order valence-electron chi connectivity index (χ1n) is 13.5. The molecule has 0 aliphatic carbocycles. The molecule has 42 heavy (non-hydrogen) atoms. The van der Waals surface area contributed by atoms with Gasteiger partial charge in [-0.05, 0) is 67.3 Å². The normalized spacial score (nSPS) is 11.2. The minimum absolute atomic E-state index is 0.176. The molecule has 3 aromatic carbocycles. The smallest absolute Gasteiger partial charge is 0.343 e. The zero-order valence-electron chi connectivity index (χ0n) is 24.9. The topological polar surface area (TPSA) is 110 Å². The summed E-state index contributed by atoms with van der Waals surface area (Å²) >= 11 is 0. The third-order valence-electron chi connectivity index (χ3n) is 6.64. The Bertz CT molecular complexity index is 1670. The molecule has 0 saturated carbocycles. The molecule has 0 aliphatic rings. The van der Waals surface area contributed by atoms with E-state index in [0.717, 1.165) is 22.4 Å². The first-order chi connectivity index (χ1) is 20.2. The molecule has 0 aliphatic heterocycles. The Labute approximate surface area is 244 Å². The van der Waals surface area contributed by atoms with E-state index < -0.39 is 5.97 Å². The van der Waals surface area contributed by atoms with Crippen molar-refractivity contribution in [1.82, 2.24) is 9.66 Å². The number of para-hydroxylation sites is 1. The van der Waals surface area contributed by atoms with Gasteiger partial charge >= 0.3 is 5.97 Å². The van der Waals surface area contributed by atoms with Gasteiger partial charge in [0.1, 0.15) is 5.75 Å². The summed E-state index contributed by atoms with van der Waals surface area (Å²) in [6.07, 6.45) is 1.52. The molecule has 0 radical (unpaired) electrons. The van der Waals surface area contributed by atoms with Crippen molar-refractivity contribution in [3.05, 3.63) is 75.6 Å². The second-order valence-electron chi connectivity index (χ2n) is 9.73. The number of carbonyl (C=O) groups excluding carboxylic acids is 1. The van der Waals surface area contributed by atoms with Crippen LogP contribution in [0.5, 0.6) is 23.0 Å². The maximum absolute atomic E-state index is 13.8. The van der Waals surface area contributed by atoms with Gasteiger partial charge in [-0.15, -0.1) is 0 Å². The van der Waals surface area contributed by atoms with Gasteiger partial charge in [0.05, 0.1) is 45.1 Å². The van der Waals surface area contributed by atoms with Crippen LogP contribution in [0.3, 0.4) is 0 Å². The molecule has 0 N–H and O–H groups in total. The van der Waals surface area contributed by atoms with Crippen LogP contribution in [-0.4, -0.2) is 56.4 Å². The van der Waals surface area contributed by atoms with Crippen molar-refractivity contribution in [3.8, 4) is 34.4 Å². The predicted octanol–water partition coefficient (Wildman–Crippen LogP) is 5.35. The molecule has 0 fully saturated rings. The van der Waals surface area contributed by atoms with E-state index in [9.17, 15) is 9.59 Å². The summed E-state index contributed by atoms with van der Waals surface area (Å²) < 4.78 is 28.4. The summed E-state index contributed by atoms with van der Waals surface area (Å²) in [5.74, 6) is 1.69. The molecule has 0 bridgehead atoms. The Morgan fingerprint density at radius 2 is 1.69 bits per heavy atom. The van der Waals surface area contributed by atoms with Crippen LogP contribution < -0.4 is 24.5 Å². The van der Waals surface area contributed by atoms with E-state index in [1.807, 2.05) is 38.1 Å². The number of esters is 1. The fourth-order valence-electron chi connectivity index (χ4n) is 4.51. The standard InChI is InChI=1S/C32H35N3O7/c1-8-41-26-13-20(4)24(16-23(26)19(2)3)31-34-25-12-10-9-11-22(25)32(37)35(31)33-17-21-14-27(38-5)30(28(15-21)39-6)42-18-29(36)40-7/h9-17,19H,8,18H2,1-7H3. The molecular weight excluding hydrogens is 538 g/mol. The van der Waals surface area contributed by atoms with Gasteiger partial charge in [0.2, 0.25) is 5.75 Å². The van der Waals surface area contributed by atoms with Crippen LogP contribution in [0.25, 0.3) is 22.3 Å². The number of nitrogens with zero attached hydrogens (tertiary/aromatic N) is 3. The van der Waals surface area contributed by atoms with Crippen molar-refractivity contribution in [2.24, 2.45) is 5.10 Å². The van der Waals surface area contributed by atoms with Gasteiger partial charge in [-0.2, -0.15) is 9.78 Å². The average molecular weight is 574 g/mol. The molecule has 220 valence electrons. The number of benzene rings is 3. The van der Waals surface area contributed by atoms with Crippen molar-refractivity contribution < 1.29 is 28.5 Å². The van der Waals surface area contributed by atoms with Gasteiger partial charge in [0, 0.05) is 11.1 Å². The lowest BCUT2D eigenvalue weighted by Gasteiger charge is -2.18. The molecule has 0 saturated heterocycles. The predicted molar refractivity (Wildman–Crippen MR) is 161 cm³/mol. The van der Waals surface area contributed by atoms with E-state index in [1.54, 1.807) is 24.3 Å². The van der Waals surface area contributed by atoms with Crippen LogP contribution >= 0.6 is 0 Å². The van der Waals surface area contributed by atoms with Crippen LogP contribution in [0, 0.1) is 6.92 Å². The van der Waals surface area contributed by atoms with Crippen LogP contribution in [0.1, 0.15) is 43.4 Å². The lowest BCUT2D eigenvalue weighted by atomic mass is 9.96. The van der Waals surface area contributed by atoms with Crippen LogP contribution in [0.2, 0.25) is 0 Å². The number of aryl methyl sites for hydroxylation is 1. The maximum atomic E-state index is 13.8. The number of methoxy groups -OCH3 is 3. The van der Waals surface area contributed by atoms with Crippen LogP contribution in [-0.2, 0) is 9.53 Å². The zero-order chi connectivity index (χ0) is 30.4. The highest BCUT2D eigenvalue weighted by molar-refractivity contribution is 5.84. The SMILES string of the molecule is CCOc1cc(C)c(-c2nc3ccccc3c(=O)n2N=Cc2cc(OC)c(OCC(=O)OC)c(OC)c2)cc1C(C)C. The number of hydrogen-bond acceptors (Lipinski definition) is 9. The zero-order valence-corrected chi connectivity index (χ0v) is 24.9. The Hall–Kier alpha value is -4.86. The third kappa shape index (κ3) is 6.22. The van der Waals surface area contributed by atoms with Crippen LogP contribution in [0.4, 0.5) is 0 Å². The van der Waals surface area contributed by atoms with Gasteiger partial charge in [0.25, 0.3) is 5.56 Å². The molecule has 10 nitrogen and oxygen atoms in total. The van der Waals surface area contributed by atoms with E-state index in [2.05, 4.69) is 23.7 Å². The van der Waals surface area contributed by atoms with Gasteiger partial charge in [-0.1, -0.05) is 26.0 Å². The van der Waals surface area contributed by atoms with Crippen LogP contribution in [0.15, 0.2) is 58.4 Å². The number of carbonyl (C=O) groups is 1. The van der Waals surface area contributed by atoms with Gasteiger partial charge in [0.15, 0.2) is 23.9 Å². The van der Waals surface area contributed by atoms with Crippen molar-refractivity contribution in [2.45, 2.75) is 33.6 Å². The average Bonchev–Trinajstić information content (AvgIpc) is 2.99. The summed E-state index contributed by atoms with van der Waals surface area (Å²) in [4.78, 5) is 30.3. The molecular formula is C32H35N3O7. The van der Waals surface area contributed by atoms with Crippen molar-refractivity contribution in [1.29, 1.82) is 0 Å². The second-order valence-corrected chi connectivity index (χ2v) is 9.73. The quantitative estimate of drug-likeness (QED) is 0.175. The largest absolute Gasteiger partial charge is 0.494 e. The van der Waals surface area contributed by atoms with E-state index >= 15 is 0 Å². The second kappa shape index (κ2) is 13.2. The molecule has 4 rings (SSSR count). The van der Waals surface area contributed by atoms with Gasteiger partial charge in [-0.25, -0.2) is 9.78 Å². The Balaban J connectivity index is 1.89. The van der Waals surface area contributed by atoms with Crippen molar-refractivity contribution in [3.63, 3.8) is 0 Å². The first kappa shape index (κ1) is 30.1. The number of hydrogen-bond donors (Lipinski definition) is 0. The Morgan fingerprint density at radius 1 is 1.00 bits per heavy atom. The lowest BCUT2D eigenvalue weighted by molar-refractivity contribution is -0.142. The lowest BCUT2D eigenvalue weighted by Crippen LogP contribution is -2.21. The number of rotatable bonds is 11. The minimum Gasteiger partial charge on any atom is -0.494 e. The summed E-state index contributed by atoms with van der Waals surface area (Å²) in [6, 6.07) is 14.5. The molecule has 1 aromatic heterocycles. The van der Waals surface area contributed by atoms with E-state index in [1.165, 1.54) is 32.2 Å². The van der Waals surface area contributed by atoms with Crippen molar-refractivity contribution >= 4 is 23.1 Å². The Morgan fingerprint density at radius 3 is 2.31 bits per heavy atom. The highest BCUT2D eigenvalue weighted by atomic mass is 16.6. The molecule has 1 heterocycles. The van der Waals surface area contributed by atoms with Gasteiger partial charge in [-0.3, -0.25) is 4.79 Å². The maximum Gasteiger partial charge on any atom is 0.343 e. The number of aromatic nitrogens is 2. The fourth-order valence-corrected chi connectivity index (χ4v) is 4.51. The molecule has 0 spiro atoms. The number of fused-ring (bicyclic) bond motifs is 1.